The Bertz CT molecular complexity index is 1370. The lowest BCUT2D eigenvalue weighted by molar-refractivity contribution is -0.108. The highest BCUT2D eigenvalue weighted by Crippen LogP contribution is 2.51. The first-order valence-corrected chi connectivity index (χ1v) is 13.8. The van der Waals surface area contributed by atoms with Crippen LogP contribution in [0.2, 0.25) is 5.28 Å². The molecule has 1 unspecified atom stereocenters. The third-order valence-corrected chi connectivity index (χ3v) is 8.56. The molecule has 3 heterocycles. The Morgan fingerprint density at radius 2 is 2.03 bits per heavy atom. The van der Waals surface area contributed by atoms with E-state index < -0.39 is 50.7 Å². The molecule has 6 atom stereocenters. The smallest absolute Gasteiger partial charge is 0.359 e. The quantitative estimate of drug-likeness (QED) is 0.182. The molecule has 14 nitrogen and oxygen atoms in total. The Morgan fingerprint density at radius 1 is 1.26 bits per heavy atom. The number of aliphatic hydroxyl groups is 2. The first kappa shape index (κ1) is 27.3. The summed E-state index contributed by atoms with van der Waals surface area (Å²) in [5.41, 5.74) is 2.85. The van der Waals surface area contributed by atoms with Crippen molar-refractivity contribution in [1.29, 1.82) is 0 Å². The molecule has 3 aromatic rings. The van der Waals surface area contributed by atoms with Crippen molar-refractivity contribution in [3.8, 4) is 0 Å². The van der Waals surface area contributed by atoms with Crippen molar-refractivity contribution in [2.75, 3.05) is 25.6 Å². The van der Waals surface area contributed by atoms with Crippen molar-refractivity contribution in [3.63, 3.8) is 0 Å². The molecule has 0 amide bonds. The van der Waals surface area contributed by atoms with Crippen molar-refractivity contribution in [2.24, 2.45) is 0 Å². The van der Waals surface area contributed by atoms with Gasteiger partial charge in [-0.1, -0.05) is 29.5 Å². The Kier molecular flexibility index (Phi) is 7.46. The van der Waals surface area contributed by atoms with E-state index in [1.165, 1.54) is 24.3 Å². The lowest BCUT2D eigenvalue weighted by Crippen LogP contribution is -2.40. The van der Waals surface area contributed by atoms with Crippen LogP contribution in [0.3, 0.4) is 0 Å². The highest BCUT2D eigenvalue weighted by Gasteiger charge is 2.49. The van der Waals surface area contributed by atoms with Crippen molar-refractivity contribution in [3.05, 3.63) is 40.7 Å². The third kappa shape index (κ3) is 4.92. The fraction of sp³-hybridized carbons (Fsp3) is 0.545. The number of fused-ring (bicyclic) bond motifs is 2. The van der Waals surface area contributed by atoms with Gasteiger partial charge in [0.25, 0.3) is 0 Å². The molecule has 1 fully saturated rings. The van der Waals surface area contributed by atoms with Gasteiger partial charge in [-0.05, 0) is 42.5 Å². The van der Waals surface area contributed by atoms with Crippen LogP contribution >= 0.6 is 19.2 Å². The van der Waals surface area contributed by atoms with Gasteiger partial charge in [0, 0.05) is 7.11 Å². The molecular weight excluding hydrogens is 543 g/mol. The number of aryl methyl sites for hydroxylation is 1. The zero-order chi connectivity index (χ0) is 27.2. The Labute approximate surface area is 222 Å². The Morgan fingerprint density at radius 3 is 2.76 bits per heavy atom. The number of nitrogens with zero attached hydrogens (tertiary/aromatic N) is 5. The number of methoxy groups -OCH3 is 1. The number of rotatable bonds is 9. The lowest BCUT2D eigenvalue weighted by atomic mass is 10.1. The number of aliphatic hydroxyl groups excluding tert-OH is 2. The van der Waals surface area contributed by atoms with Crippen LogP contribution < -0.4 is 5.32 Å². The molecule has 16 heteroatoms. The van der Waals surface area contributed by atoms with E-state index in [-0.39, 0.29) is 22.5 Å². The predicted molar refractivity (Wildman–Crippen MR) is 133 cm³/mol. The van der Waals surface area contributed by atoms with Crippen molar-refractivity contribution >= 4 is 36.2 Å². The predicted octanol–water partition coefficient (Wildman–Crippen LogP) is 1.15. The molecule has 0 saturated carbocycles. The summed E-state index contributed by atoms with van der Waals surface area (Å²) >= 11 is 6.22. The number of ether oxygens (including phenoxy) is 3. The zero-order valence-electron chi connectivity index (χ0n) is 20.5. The summed E-state index contributed by atoms with van der Waals surface area (Å²) < 4.78 is 29.2. The summed E-state index contributed by atoms with van der Waals surface area (Å²) in [4.78, 5) is 27.9. The summed E-state index contributed by atoms with van der Waals surface area (Å²) in [5, 5.41) is 30.9. The second-order valence-electron chi connectivity index (χ2n) is 9.49. The van der Waals surface area contributed by atoms with E-state index in [9.17, 15) is 24.6 Å². The molecule has 1 aromatic carbocycles. The van der Waals surface area contributed by atoms with Gasteiger partial charge in [0.2, 0.25) is 5.28 Å². The number of hydrogen-bond acceptors (Lipinski definition) is 11. The average molecular weight is 571 g/mol. The summed E-state index contributed by atoms with van der Waals surface area (Å²) in [6, 6.07) is 8.08. The SMILES string of the molecule is COCC(C)(OC[C@H]1O[C@@H](n2nnc3c(N[C@@H]4CCc5ccccc54)nc(Cl)nc32)[C@H](O)[C@@H]1O)P(=O)(O)O. The van der Waals surface area contributed by atoms with E-state index in [0.29, 0.717) is 5.82 Å². The Balaban J connectivity index is 1.38. The monoisotopic (exact) mass is 570 g/mol. The van der Waals surface area contributed by atoms with Gasteiger partial charge < -0.3 is 39.5 Å². The van der Waals surface area contributed by atoms with Gasteiger partial charge in [0.05, 0.1) is 19.3 Å². The third-order valence-electron chi connectivity index (χ3n) is 6.91. The highest BCUT2D eigenvalue weighted by molar-refractivity contribution is 7.53. The van der Waals surface area contributed by atoms with E-state index in [1.807, 2.05) is 18.2 Å². The number of halogens is 1. The molecule has 2 aliphatic rings. The maximum absolute atomic E-state index is 11.9. The van der Waals surface area contributed by atoms with Gasteiger partial charge in [-0.15, -0.1) is 5.10 Å². The standard InChI is InChI=1S/C22H28ClN6O8P/c1-22(10-35-2,38(32,33)34)36-9-14-16(30)17(31)20(37-14)29-19-15(27-28-29)18(25-21(23)26-19)24-13-8-7-11-5-3-4-6-12(11)13/h3-6,13-14,16-17,20,30-31H,7-10H2,1-2H3,(H,24,25,26)(H2,32,33,34)/t13-,14-,16-,17-,20-,22?/m1/s1. The van der Waals surface area contributed by atoms with Crippen LogP contribution in [-0.2, 0) is 25.2 Å². The molecule has 1 aliphatic carbocycles. The minimum atomic E-state index is -4.75. The van der Waals surface area contributed by atoms with Gasteiger partial charge in [-0.2, -0.15) is 14.6 Å². The largest absolute Gasteiger partial charge is 0.387 e. The summed E-state index contributed by atoms with van der Waals surface area (Å²) in [6.45, 7) is 0.333. The van der Waals surface area contributed by atoms with Crippen molar-refractivity contribution in [2.45, 2.75) is 55.7 Å². The van der Waals surface area contributed by atoms with E-state index in [2.05, 4.69) is 31.7 Å². The summed E-state index contributed by atoms with van der Waals surface area (Å²) in [6.07, 6.45) is -3.57. The molecule has 1 saturated heterocycles. The van der Waals surface area contributed by atoms with Crippen LogP contribution in [0.25, 0.3) is 11.2 Å². The first-order chi connectivity index (χ1) is 18.0. The minimum absolute atomic E-state index is 0.0161. The van der Waals surface area contributed by atoms with Gasteiger partial charge in [-0.25, -0.2) is 0 Å². The topological polar surface area (TPSA) is 194 Å². The summed E-state index contributed by atoms with van der Waals surface area (Å²) in [5.74, 6) is 0.359. The van der Waals surface area contributed by atoms with Crippen LogP contribution in [0, 0.1) is 0 Å². The van der Waals surface area contributed by atoms with E-state index in [1.54, 1.807) is 0 Å². The fourth-order valence-corrected chi connectivity index (χ4v) is 5.46. The van der Waals surface area contributed by atoms with E-state index >= 15 is 0 Å². The Hall–Kier alpha value is -2.26. The van der Waals surface area contributed by atoms with Gasteiger partial charge in [-0.3, -0.25) is 4.57 Å². The molecule has 0 radical (unpaired) electrons. The first-order valence-electron chi connectivity index (χ1n) is 11.9. The van der Waals surface area contributed by atoms with Crippen LogP contribution in [0.15, 0.2) is 24.3 Å². The number of hydrogen-bond donors (Lipinski definition) is 5. The molecule has 1 aliphatic heterocycles. The molecule has 5 N–H and O–H groups in total. The second kappa shape index (κ2) is 10.4. The maximum Gasteiger partial charge on any atom is 0.359 e. The lowest BCUT2D eigenvalue weighted by Gasteiger charge is -2.31. The normalized spacial score (nSPS) is 27.0. The van der Waals surface area contributed by atoms with E-state index in [0.717, 1.165) is 18.4 Å². The molecular formula is C22H28ClN6O8P. The minimum Gasteiger partial charge on any atom is -0.387 e. The van der Waals surface area contributed by atoms with Crippen LogP contribution in [0.5, 0.6) is 0 Å². The zero-order valence-corrected chi connectivity index (χ0v) is 22.2. The molecule has 2 aromatic heterocycles. The van der Waals surface area contributed by atoms with E-state index in [4.69, 9.17) is 25.8 Å². The molecule has 38 heavy (non-hydrogen) atoms. The number of benzene rings is 1. The molecule has 0 bridgehead atoms. The van der Waals surface area contributed by atoms with Gasteiger partial charge in [0.1, 0.15) is 18.3 Å². The van der Waals surface area contributed by atoms with Gasteiger partial charge in [0.15, 0.2) is 28.6 Å². The van der Waals surface area contributed by atoms with Gasteiger partial charge >= 0.3 is 7.60 Å². The van der Waals surface area contributed by atoms with Crippen LogP contribution in [-0.4, -0.2) is 88.9 Å². The van der Waals surface area contributed by atoms with Crippen molar-refractivity contribution < 1.29 is 38.8 Å². The number of anilines is 1. The molecule has 0 spiro atoms. The molecule has 5 rings (SSSR count). The molecule has 206 valence electrons. The van der Waals surface area contributed by atoms with Crippen LogP contribution in [0.1, 0.15) is 36.7 Å². The second-order valence-corrected chi connectivity index (χ2v) is 11.9. The van der Waals surface area contributed by atoms with Crippen LogP contribution in [0.4, 0.5) is 5.82 Å². The maximum atomic E-state index is 11.9. The number of nitrogens with one attached hydrogen (secondary N) is 1. The highest BCUT2D eigenvalue weighted by atomic mass is 35.5. The fourth-order valence-electron chi connectivity index (χ4n) is 4.76. The average Bonchev–Trinajstić information content (AvgIpc) is 3.54. The van der Waals surface area contributed by atoms with Crippen molar-refractivity contribution in [1.82, 2.24) is 25.0 Å². The summed E-state index contributed by atoms with van der Waals surface area (Å²) in [7, 11) is -3.48. The number of aromatic nitrogens is 5.